The molecule has 0 aliphatic carbocycles. The van der Waals surface area contributed by atoms with Gasteiger partial charge in [0.1, 0.15) is 11.5 Å². The zero-order chi connectivity index (χ0) is 28.4. The van der Waals surface area contributed by atoms with Gasteiger partial charge in [-0.25, -0.2) is 8.42 Å². The zero-order valence-electron chi connectivity index (χ0n) is 22.1. The third-order valence-corrected chi connectivity index (χ3v) is 8.82. The van der Waals surface area contributed by atoms with Gasteiger partial charge in [-0.05, 0) is 70.4 Å². The maximum atomic E-state index is 13.6. The van der Waals surface area contributed by atoms with E-state index in [1.807, 2.05) is 72.8 Å². The molecule has 0 aromatic heterocycles. The van der Waals surface area contributed by atoms with Gasteiger partial charge in [0.2, 0.25) is 9.84 Å². The first kappa shape index (κ1) is 26.2. The Morgan fingerprint density at radius 2 is 0.927 bits per heavy atom. The highest BCUT2D eigenvalue weighted by Gasteiger charge is 2.22. The largest absolute Gasteiger partial charge is 0.507 e. The number of anilines is 2. The SMILES string of the molecule is O=S(=O)(c1cc(O)c2cc(NCc3ccccc3)ccc2c1)c1cc(O)c2cc(NCc3ccccc3)ccc2c1. The van der Waals surface area contributed by atoms with E-state index in [0.717, 1.165) is 22.5 Å². The Labute approximate surface area is 238 Å². The minimum Gasteiger partial charge on any atom is -0.507 e. The molecule has 7 heteroatoms. The van der Waals surface area contributed by atoms with Crippen LogP contribution >= 0.6 is 0 Å². The molecule has 0 spiro atoms. The lowest BCUT2D eigenvalue weighted by molar-refractivity contribution is 0.479. The van der Waals surface area contributed by atoms with Gasteiger partial charge in [-0.3, -0.25) is 0 Å². The average Bonchev–Trinajstić information content (AvgIpc) is 3.00. The summed E-state index contributed by atoms with van der Waals surface area (Å²) < 4.78 is 27.3. The molecule has 0 atom stereocenters. The summed E-state index contributed by atoms with van der Waals surface area (Å²) in [5.41, 5.74) is 3.86. The summed E-state index contributed by atoms with van der Waals surface area (Å²) in [7, 11) is -4.03. The summed E-state index contributed by atoms with van der Waals surface area (Å²) in [4.78, 5) is -0.0974. The lowest BCUT2D eigenvalue weighted by atomic mass is 10.1. The van der Waals surface area contributed by atoms with Gasteiger partial charge < -0.3 is 20.8 Å². The average molecular weight is 561 g/mol. The number of fused-ring (bicyclic) bond motifs is 2. The summed E-state index contributed by atoms with van der Waals surface area (Å²) in [5, 5.41) is 30.6. The Kier molecular flexibility index (Phi) is 6.95. The normalized spacial score (nSPS) is 11.5. The van der Waals surface area contributed by atoms with Crippen molar-refractivity contribution >= 4 is 42.8 Å². The third kappa shape index (κ3) is 5.53. The molecule has 0 heterocycles. The standard InChI is InChI=1S/C34H28N2O4S/c37-33-19-29(15-25-11-13-27(17-31(25)33)35-21-23-7-3-1-4-8-23)41(39,40)30-16-26-12-14-28(18-32(26)34(38)20-30)36-22-24-9-5-2-6-10-24/h1-20,35-38H,21-22H2. The highest BCUT2D eigenvalue weighted by molar-refractivity contribution is 7.91. The zero-order valence-corrected chi connectivity index (χ0v) is 22.9. The van der Waals surface area contributed by atoms with Crippen molar-refractivity contribution < 1.29 is 18.6 Å². The summed E-state index contributed by atoms with van der Waals surface area (Å²) >= 11 is 0. The van der Waals surface area contributed by atoms with Crippen molar-refractivity contribution in [1.82, 2.24) is 0 Å². The molecule has 0 saturated heterocycles. The van der Waals surface area contributed by atoms with Gasteiger partial charge in [-0.15, -0.1) is 0 Å². The fourth-order valence-electron chi connectivity index (χ4n) is 4.89. The topological polar surface area (TPSA) is 98.7 Å². The van der Waals surface area contributed by atoms with Crippen LogP contribution in [-0.4, -0.2) is 18.6 Å². The predicted molar refractivity (Wildman–Crippen MR) is 164 cm³/mol. The fraction of sp³-hybridized carbons (Fsp3) is 0.0588. The highest BCUT2D eigenvalue weighted by atomic mass is 32.2. The monoisotopic (exact) mass is 560 g/mol. The maximum absolute atomic E-state index is 13.6. The molecule has 0 radical (unpaired) electrons. The van der Waals surface area contributed by atoms with Crippen molar-refractivity contribution in [2.75, 3.05) is 10.6 Å². The molecule has 0 amide bonds. The number of nitrogens with one attached hydrogen (secondary N) is 2. The van der Waals surface area contributed by atoms with Gasteiger partial charge in [0.05, 0.1) is 9.79 Å². The Morgan fingerprint density at radius 1 is 0.512 bits per heavy atom. The first-order valence-corrected chi connectivity index (χ1v) is 14.7. The Bertz CT molecular complexity index is 1840. The van der Waals surface area contributed by atoms with Crippen LogP contribution in [0.15, 0.2) is 131 Å². The molecule has 6 aromatic rings. The second kappa shape index (κ2) is 10.9. The number of hydrogen-bond acceptors (Lipinski definition) is 6. The number of phenolic OH excluding ortho intramolecular Hbond substituents is 2. The maximum Gasteiger partial charge on any atom is 0.206 e. The highest BCUT2D eigenvalue weighted by Crippen LogP contribution is 2.36. The Balaban J connectivity index is 1.27. The van der Waals surface area contributed by atoms with E-state index in [4.69, 9.17) is 0 Å². The summed E-state index contributed by atoms with van der Waals surface area (Å²) in [6.45, 7) is 1.24. The molecule has 0 aliphatic heterocycles. The molecule has 6 rings (SSSR count). The van der Waals surface area contributed by atoms with Crippen LogP contribution in [0.3, 0.4) is 0 Å². The minimum absolute atomic E-state index is 0.0487. The molecule has 41 heavy (non-hydrogen) atoms. The van der Waals surface area contributed by atoms with Crippen LogP contribution in [0.1, 0.15) is 11.1 Å². The molecule has 0 saturated carbocycles. The van der Waals surface area contributed by atoms with Gasteiger partial charge in [-0.1, -0.05) is 72.8 Å². The number of sulfone groups is 1. The van der Waals surface area contributed by atoms with Crippen LogP contribution < -0.4 is 10.6 Å². The van der Waals surface area contributed by atoms with Crippen LogP contribution in [0.5, 0.6) is 11.5 Å². The van der Waals surface area contributed by atoms with Gasteiger partial charge in [0.25, 0.3) is 0 Å². The van der Waals surface area contributed by atoms with Crippen LogP contribution in [0.25, 0.3) is 21.5 Å². The van der Waals surface area contributed by atoms with Crippen LogP contribution in [0.4, 0.5) is 11.4 Å². The summed E-state index contributed by atoms with van der Waals surface area (Å²) in [5.74, 6) is -0.271. The lowest BCUT2D eigenvalue weighted by Gasteiger charge is -2.13. The second-order valence-electron chi connectivity index (χ2n) is 9.94. The van der Waals surface area contributed by atoms with Crippen molar-refractivity contribution in [1.29, 1.82) is 0 Å². The number of hydrogen-bond donors (Lipinski definition) is 4. The molecule has 4 N–H and O–H groups in total. The van der Waals surface area contributed by atoms with E-state index in [9.17, 15) is 18.6 Å². The van der Waals surface area contributed by atoms with Gasteiger partial charge in [0, 0.05) is 35.2 Å². The molecule has 6 aromatic carbocycles. The van der Waals surface area contributed by atoms with E-state index < -0.39 is 9.84 Å². The molecule has 0 aliphatic rings. The summed E-state index contributed by atoms with van der Waals surface area (Å²) in [6.07, 6.45) is 0. The van der Waals surface area contributed by atoms with Crippen molar-refractivity contribution in [2.24, 2.45) is 0 Å². The van der Waals surface area contributed by atoms with E-state index in [1.165, 1.54) is 12.1 Å². The van der Waals surface area contributed by atoms with E-state index in [1.54, 1.807) is 36.4 Å². The Morgan fingerprint density at radius 3 is 1.34 bits per heavy atom. The van der Waals surface area contributed by atoms with Gasteiger partial charge in [-0.2, -0.15) is 0 Å². The van der Waals surface area contributed by atoms with Crippen LogP contribution in [0.2, 0.25) is 0 Å². The molecular weight excluding hydrogens is 532 g/mol. The number of rotatable bonds is 8. The molecule has 204 valence electrons. The lowest BCUT2D eigenvalue weighted by Crippen LogP contribution is -2.03. The van der Waals surface area contributed by atoms with Crippen molar-refractivity contribution in [3.8, 4) is 11.5 Å². The summed E-state index contributed by atoms with van der Waals surface area (Å²) in [6, 6.07) is 36.4. The van der Waals surface area contributed by atoms with Crippen LogP contribution in [0, 0.1) is 0 Å². The molecular formula is C34H28N2O4S. The third-order valence-electron chi connectivity index (χ3n) is 7.11. The smallest absolute Gasteiger partial charge is 0.206 e. The first-order valence-electron chi connectivity index (χ1n) is 13.2. The number of phenols is 2. The fourth-order valence-corrected chi connectivity index (χ4v) is 6.26. The van der Waals surface area contributed by atoms with Crippen molar-refractivity contribution in [3.05, 3.63) is 132 Å². The first-order chi connectivity index (χ1) is 19.9. The van der Waals surface area contributed by atoms with E-state index >= 15 is 0 Å². The second-order valence-corrected chi connectivity index (χ2v) is 11.9. The quantitative estimate of drug-likeness (QED) is 0.154. The van der Waals surface area contributed by atoms with Crippen molar-refractivity contribution in [2.45, 2.75) is 22.9 Å². The molecule has 0 bridgehead atoms. The number of aromatic hydroxyl groups is 2. The van der Waals surface area contributed by atoms with E-state index in [2.05, 4.69) is 10.6 Å². The van der Waals surface area contributed by atoms with E-state index in [0.29, 0.717) is 34.6 Å². The van der Waals surface area contributed by atoms with Crippen LogP contribution in [-0.2, 0) is 22.9 Å². The van der Waals surface area contributed by atoms with Gasteiger partial charge >= 0.3 is 0 Å². The Hall–Kier alpha value is -5.01. The van der Waals surface area contributed by atoms with Crippen molar-refractivity contribution in [3.63, 3.8) is 0 Å². The van der Waals surface area contributed by atoms with E-state index in [-0.39, 0.29) is 21.3 Å². The number of benzene rings is 6. The minimum atomic E-state index is -4.03. The predicted octanol–water partition coefficient (Wildman–Crippen LogP) is 7.46. The molecule has 6 nitrogen and oxygen atoms in total. The molecule has 0 unspecified atom stereocenters. The molecule has 0 fully saturated rings. The van der Waals surface area contributed by atoms with Gasteiger partial charge in [0.15, 0.2) is 0 Å².